The zero-order chi connectivity index (χ0) is 25.1. The first kappa shape index (κ1) is 26.2. The van der Waals surface area contributed by atoms with Crippen LogP contribution in [0.15, 0.2) is 18.2 Å². The molecule has 4 heteroatoms. The summed E-state index contributed by atoms with van der Waals surface area (Å²) < 4.78 is 0. The minimum Gasteiger partial charge on any atom is -0.313 e. The van der Waals surface area contributed by atoms with Crippen LogP contribution in [0.4, 0.5) is 0 Å². The lowest BCUT2D eigenvalue weighted by molar-refractivity contribution is -0.0507. The second kappa shape index (κ2) is 9.88. The molecule has 0 radical (unpaired) electrons. The van der Waals surface area contributed by atoms with Crippen LogP contribution in [0.25, 0.3) is 0 Å². The second-order valence-corrected chi connectivity index (χ2v) is 15.9. The van der Waals surface area contributed by atoms with Crippen LogP contribution >= 0.6 is 18.5 Å². The number of nitrogens with one attached hydrogen (secondary N) is 2. The molecule has 1 aromatic carbocycles. The molecule has 7 rings (SSSR count). The predicted octanol–water partition coefficient (Wildman–Crippen LogP) is 6.91. The maximum atomic E-state index is 4.07. The van der Waals surface area contributed by atoms with Crippen molar-refractivity contribution in [2.24, 2.45) is 23.7 Å². The molecule has 2 nitrogen and oxygen atoms in total. The molecule has 1 aromatic rings. The first-order chi connectivity index (χ1) is 17.3. The van der Waals surface area contributed by atoms with Gasteiger partial charge in [0.1, 0.15) is 0 Å². The summed E-state index contributed by atoms with van der Waals surface area (Å²) in [5.74, 6) is 3.77. The average molecular weight is 527 g/mol. The van der Waals surface area contributed by atoms with Crippen molar-refractivity contribution in [2.75, 3.05) is 19.3 Å². The highest BCUT2D eigenvalue weighted by Crippen LogP contribution is 2.65. The molecular weight excluding hydrogens is 474 g/mol. The van der Waals surface area contributed by atoms with E-state index in [4.69, 9.17) is 0 Å². The van der Waals surface area contributed by atoms with Crippen LogP contribution in [0.1, 0.15) is 108 Å². The standard InChI is InChI=1S/C32H52N2P2/c1-30(2,3)23-10-11-26(31(20-35)24-15-21-14-22(17-24)18-25(31)16-21)27(19-23)32(36,28-8-4-6-12-33-28)29-9-5-7-13-34-29/h10-11,19,21-22,24-25,28-29,33-34H,4-9,12-18,20,35-36H2,1-3H3. The molecule has 200 valence electrons. The summed E-state index contributed by atoms with van der Waals surface area (Å²) in [6.45, 7) is 9.56. The lowest BCUT2D eigenvalue weighted by Gasteiger charge is -2.63. The Hall–Kier alpha value is -0.0000000000000000555. The van der Waals surface area contributed by atoms with Crippen molar-refractivity contribution >= 4 is 18.5 Å². The molecule has 2 heterocycles. The van der Waals surface area contributed by atoms with Gasteiger partial charge in [0.15, 0.2) is 0 Å². The van der Waals surface area contributed by atoms with Gasteiger partial charge in [0.05, 0.1) is 0 Å². The van der Waals surface area contributed by atoms with E-state index in [0.717, 1.165) is 23.7 Å². The first-order valence-electron chi connectivity index (χ1n) is 15.4. The van der Waals surface area contributed by atoms with Gasteiger partial charge in [0.2, 0.25) is 0 Å². The van der Waals surface area contributed by atoms with Crippen molar-refractivity contribution in [3.8, 4) is 0 Å². The molecule has 4 atom stereocenters. The molecule has 6 fully saturated rings. The van der Waals surface area contributed by atoms with E-state index < -0.39 is 0 Å². The van der Waals surface area contributed by atoms with Crippen LogP contribution in [0, 0.1) is 23.7 Å². The van der Waals surface area contributed by atoms with Gasteiger partial charge in [-0.15, -0.1) is 18.5 Å². The normalized spacial score (nSPS) is 40.2. The van der Waals surface area contributed by atoms with E-state index in [0.29, 0.717) is 17.5 Å². The minimum absolute atomic E-state index is 0.0406. The lowest BCUT2D eigenvalue weighted by atomic mass is 9.43. The van der Waals surface area contributed by atoms with Crippen molar-refractivity contribution in [3.05, 3.63) is 34.9 Å². The number of rotatable bonds is 5. The zero-order valence-electron chi connectivity index (χ0n) is 23.3. The zero-order valence-corrected chi connectivity index (χ0v) is 25.6. The van der Waals surface area contributed by atoms with Gasteiger partial charge in [-0.2, -0.15) is 0 Å². The summed E-state index contributed by atoms with van der Waals surface area (Å²) in [6.07, 6.45) is 16.7. The Bertz CT molecular complexity index is 892. The van der Waals surface area contributed by atoms with Gasteiger partial charge in [0, 0.05) is 22.7 Å². The van der Waals surface area contributed by atoms with E-state index >= 15 is 0 Å². The van der Waals surface area contributed by atoms with Crippen molar-refractivity contribution in [1.29, 1.82) is 0 Å². The Balaban J connectivity index is 1.55. The van der Waals surface area contributed by atoms with E-state index in [-0.39, 0.29) is 10.6 Å². The average Bonchev–Trinajstić information content (AvgIpc) is 2.89. The van der Waals surface area contributed by atoms with Gasteiger partial charge in [-0.1, -0.05) is 51.8 Å². The van der Waals surface area contributed by atoms with Crippen LogP contribution in [-0.2, 0) is 16.0 Å². The van der Waals surface area contributed by atoms with Crippen LogP contribution in [-0.4, -0.2) is 31.3 Å². The third-order valence-corrected chi connectivity index (χ3v) is 13.4. The maximum Gasteiger partial charge on any atom is 0.0405 e. The van der Waals surface area contributed by atoms with Gasteiger partial charge < -0.3 is 10.6 Å². The van der Waals surface area contributed by atoms with Gasteiger partial charge in [-0.3, -0.25) is 0 Å². The summed E-state index contributed by atoms with van der Waals surface area (Å²) in [7, 11) is 6.84. The molecule has 0 spiro atoms. The number of hydrogen-bond acceptors (Lipinski definition) is 2. The van der Waals surface area contributed by atoms with E-state index in [1.54, 1.807) is 11.1 Å². The van der Waals surface area contributed by atoms with Gasteiger partial charge in [-0.25, -0.2) is 0 Å². The monoisotopic (exact) mass is 526 g/mol. The quantitative estimate of drug-likeness (QED) is 0.408. The summed E-state index contributed by atoms with van der Waals surface area (Å²) in [5, 5.41) is 8.19. The molecular formula is C32H52N2P2. The molecule has 2 N–H and O–H groups in total. The summed E-state index contributed by atoms with van der Waals surface area (Å²) in [6, 6.07) is 8.95. The van der Waals surface area contributed by atoms with Crippen LogP contribution < -0.4 is 10.6 Å². The van der Waals surface area contributed by atoms with Gasteiger partial charge in [-0.05, 0) is 123 Å². The Morgan fingerprint density at radius 3 is 1.83 bits per heavy atom. The second-order valence-electron chi connectivity index (χ2n) is 14.5. The fourth-order valence-corrected chi connectivity index (χ4v) is 11.5. The summed E-state index contributed by atoms with van der Waals surface area (Å²) >= 11 is 0. The fourth-order valence-electron chi connectivity index (χ4n) is 9.82. The highest BCUT2D eigenvalue weighted by atomic mass is 31.0. The minimum atomic E-state index is 0.0406. The van der Waals surface area contributed by atoms with E-state index in [2.05, 4.69) is 68.1 Å². The number of hydrogen-bond donors (Lipinski definition) is 2. The largest absolute Gasteiger partial charge is 0.313 e. The highest BCUT2D eigenvalue weighted by molar-refractivity contribution is 7.18. The lowest BCUT2D eigenvalue weighted by Crippen LogP contribution is -2.61. The summed E-state index contributed by atoms with van der Waals surface area (Å²) in [4.78, 5) is 0. The number of benzene rings is 1. The van der Waals surface area contributed by atoms with Crippen molar-refractivity contribution in [3.63, 3.8) is 0 Å². The molecule has 4 bridgehead atoms. The molecule has 2 aliphatic heterocycles. The molecule has 0 aromatic heterocycles. The summed E-state index contributed by atoms with van der Waals surface area (Å²) in [5.41, 5.74) is 5.46. The smallest absolute Gasteiger partial charge is 0.0405 e. The van der Waals surface area contributed by atoms with Crippen LogP contribution in [0.5, 0.6) is 0 Å². The SMILES string of the molecule is CC(C)(C)c1ccc(C2(CP)C3CC4CC(C3)CC2C4)c(C(P)(C2CCCCN2)C2CCCCN2)c1. The third kappa shape index (κ3) is 4.19. The third-order valence-electron chi connectivity index (χ3n) is 11.6. The molecule has 4 aliphatic carbocycles. The Morgan fingerprint density at radius 1 is 0.833 bits per heavy atom. The van der Waals surface area contributed by atoms with Gasteiger partial charge >= 0.3 is 0 Å². The molecule has 4 unspecified atom stereocenters. The molecule has 36 heavy (non-hydrogen) atoms. The predicted molar refractivity (Wildman–Crippen MR) is 161 cm³/mol. The Kier molecular flexibility index (Phi) is 7.20. The van der Waals surface area contributed by atoms with Crippen LogP contribution in [0.2, 0.25) is 0 Å². The maximum absolute atomic E-state index is 4.07. The van der Waals surface area contributed by atoms with Crippen molar-refractivity contribution in [2.45, 2.75) is 119 Å². The Morgan fingerprint density at radius 2 is 1.39 bits per heavy atom. The first-order valence-corrected chi connectivity index (χ1v) is 16.8. The van der Waals surface area contributed by atoms with Crippen molar-refractivity contribution in [1.82, 2.24) is 10.6 Å². The number of piperidine rings is 2. The van der Waals surface area contributed by atoms with E-state index in [1.807, 2.05) is 0 Å². The molecule has 2 saturated heterocycles. The van der Waals surface area contributed by atoms with E-state index in [1.165, 1.54) is 95.4 Å². The highest BCUT2D eigenvalue weighted by Gasteiger charge is 2.59. The molecule has 4 saturated carbocycles. The van der Waals surface area contributed by atoms with Crippen LogP contribution in [0.3, 0.4) is 0 Å². The van der Waals surface area contributed by atoms with Crippen molar-refractivity contribution < 1.29 is 0 Å². The molecule has 0 amide bonds. The fraction of sp³-hybridized carbons (Fsp3) is 0.812. The van der Waals surface area contributed by atoms with E-state index in [9.17, 15) is 0 Å². The molecule has 6 aliphatic rings. The topological polar surface area (TPSA) is 24.1 Å². The Labute approximate surface area is 226 Å². The van der Waals surface area contributed by atoms with Gasteiger partial charge in [0.25, 0.3) is 0 Å².